The molecule has 1 aromatic rings. The van der Waals surface area contributed by atoms with Crippen LogP contribution >= 0.6 is 0 Å². The number of hydrogen-bond acceptors (Lipinski definition) is 2. The maximum absolute atomic E-state index is 11.6. The minimum Gasteiger partial charge on any atom is -0.299 e. The fourth-order valence-corrected chi connectivity index (χ4v) is 1.54. The third kappa shape index (κ3) is 3.88. The summed E-state index contributed by atoms with van der Waals surface area (Å²) in [6, 6.07) is 6.17. The van der Waals surface area contributed by atoms with Crippen molar-refractivity contribution in [3.63, 3.8) is 0 Å². The van der Waals surface area contributed by atoms with Crippen molar-refractivity contribution >= 4 is 5.78 Å². The molecule has 0 unspecified atom stereocenters. The molecule has 2 heteroatoms. The molecule has 0 bridgehead atoms. The molecule has 2 nitrogen and oxygen atoms in total. The van der Waals surface area contributed by atoms with Gasteiger partial charge in [-0.3, -0.25) is 10.1 Å². The average Bonchev–Trinajstić information content (AvgIpc) is 2.24. The van der Waals surface area contributed by atoms with Crippen molar-refractivity contribution in [3.8, 4) is 12.3 Å². The molecule has 0 amide bonds. The summed E-state index contributed by atoms with van der Waals surface area (Å²) in [7, 11) is 0. The summed E-state index contributed by atoms with van der Waals surface area (Å²) in [6.07, 6.45) is 5.56. The third-order valence-electron chi connectivity index (χ3n) is 2.44. The molecule has 0 heterocycles. The number of benzene rings is 1. The van der Waals surface area contributed by atoms with E-state index >= 15 is 0 Å². The minimum absolute atomic E-state index is 0.170. The number of carbonyl (C=O) groups is 1. The molecule has 0 saturated carbocycles. The number of aryl methyl sites for hydroxylation is 2. The van der Waals surface area contributed by atoms with Crippen LogP contribution in [-0.4, -0.2) is 18.9 Å². The molecule has 0 aromatic heterocycles. The first kappa shape index (κ1) is 12.5. The zero-order chi connectivity index (χ0) is 12.0. The Hall–Kier alpha value is -1.59. The molecule has 0 radical (unpaired) electrons. The van der Waals surface area contributed by atoms with E-state index in [9.17, 15) is 4.79 Å². The molecule has 0 aliphatic heterocycles. The van der Waals surface area contributed by atoms with Crippen LogP contribution in [0.5, 0.6) is 0 Å². The van der Waals surface area contributed by atoms with Crippen molar-refractivity contribution in [1.29, 1.82) is 0 Å². The molecular formula is C14H17NO. The van der Waals surface area contributed by atoms with E-state index in [1.165, 1.54) is 5.56 Å². The summed E-state index contributed by atoms with van der Waals surface area (Å²) in [5, 5.41) is 2.90. The highest BCUT2D eigenvalue weighted by Crippen LogP contribution is 2.11. The van der Waals surface area contributed by atoms with E-state index in [4.69, 9.17) is 6.42 Å². The molecule has 0 aliphatic rings. The van der Waals surface area contributed by atoms with Crippen molar-refractivity contribution in [1.82, 2.24) is 5.32 Å². The summed E-state index contributed by atoms with van der Waals surface area (Å²) < 4.78 is 0. The van der Waals surface area contributed by atoms with Gasteiger partial charge >= 0.3 is 0 Å². The first-order valence-electron chi connectivity index (χ1n) is 5.35. The molecular weight excluding hydrogens is 198 g/mol. The Kier molecular flexibility index (Phi) is 4.75. The van der Waals surface area contributed by atoms with E-state index in [-0.39, 0.29) is 5.78 Å². The maximum Gasteiger partial charge on any atom is 0.151 e. The van der Waals surface area contributed by atoms with Crippen molar-refractivity contribution < 1.29 is 4.79 Å². The highest BCUT2D eigenvalue weighted by molar-refractivity contribution is 5.83. The molecule has 0 saturated heterocycles. The lowest BCUT2D eigenvalue weighted by molar-refractivity contribution is -0.117. The van der Waals surface area contributed by atoms with Gasteiger partial charge in [0.05, 0.1) is 13.1 Å². The van der Waals surface area contributed by atoms with Gasteiger partial charge < -0.3 is 0 Å². The molecule has 0 spiro atoms. The third-order valence-corrected chi connectivity index (χ3v) is 2.44. The lowest BCUT2D eigenvalue weighted by Gasteiger charge is -2.06. The molecule has 1 N–H and O–H groups in total. The molecule has 84 valence electrons. The number of hydrogen-bond donors (Lipinski definition) is 1. The molecule has 0 fully saturated rings. The Morgan fingerprint density at radius 2 is 2.19 bits per heavy atom. The zero-order valence-corrected chi connectivity index (χ0v) is 9.84. The Morgan fingerprint density at radius 3 is 2.88 bits per heavy atom. The van der Waals surface area contributed by atoms with Crippen LogP contribution in [0, 0.1) is 26.2 Å². The first-order chi connectivity index (χ1) is 7.63. The van der Waals surface area contributed by atoms with Gasteiger partial charge in [-0.15, -0.1) is 6.42 Å². The predicted molar refractivity (Wildman–Crippen MR) is 66.3 cm³/mol. The number of Topliss-reactive ketones (excluding diaryl/α,β-unsaturated/α-hetero) is 1. The topological polar surface area (TPSA) is 29.1 Å². The molecule has 0 atom stereocenters. The Morgan fingerprint density at radius 1 is 1.44 bits per heavy atom. The summed E-state index contributed by atoms with van der Waals surface area (Å²) in [5.74, 6) is 2.61. The first-order valence-corrected chi connectivity index (χ1v) is 5.35. The molecule has 16 heavy (non-hydrogen) atoms. The fourth-order valence-electron chi connectivity index (χ4n) is 1.54. The van der Waals surface area contributed by atoms with E-state index in [2.05, 4.69) is 23.4 Å². The van der Waals surface area contributed by atoms with Gasteiger partial charge in [-0.1, -0.05) is 29.7 Å². The van der Waals surface area contributed by atoms with Crippen LogP contribution in [0.4, 0.5) is 0 Å². The number of ketones is 1. The van der Waals surface area contributed by atoms with E-state index in [1.54, 1.807) is 0 Å². The quantitative estimate of drug-likeness (QED) is 0.597. The smallest absolute Gasteiger partial charge is 0.151 e. The van der Waals surface area contributed by atoms with Crippen LogP contribution in [0.1, 0.15) is 16.7 Å². The van der Waals surface area contributed by atoms with Crippen molar-refractivity contribution in [2.45, 2.75) is 20.3 Å². The van der Waals surface area contributed by atoms with Gasteiger partial charge in [-0.05, 0) is 25.0 Å². The monoisotopic (exact) mass is 215 g/mol. The second-order valence-corrected chi connectivity index (χ2v) is 3.95. The van der Waals surface area contributed by atoms with Gasteiger partial charge in [0, 0.05) is 6.42 Å². The van der Waals surface area contributed by atoms with Gasteiger partial charge in [0.1, 0.15) is 0 Å². The largest absolute Gasteiger partial charge is 0.299 e. The lowest BCUT2D eigenvalue weighted by atomic mass is 10.0. The summed E-state index contributed by atoms with van der Waals surface area (Å²) in [5.41, 5.74) is 3.45. The van der Waals surface area contributed by atoms with E-state index in [0.717, 1.165) is 11.1 Å². The summed E-state index contributed by atoms with van der Waals surface area (Å²) in [4.78, 5) is 11.6. The average molecular weight is 215 g/mol. The van der Waals surface area contributed by atoms with Crippen molar-refractivity contribution in [3.05, 3.63) is 34.9 Å². The summed E-state index contributed by atoms with van der Waals surface area (Å²) >= 11 is 0. The normalized spacial score (nSPS) is 9.81. The molecule has 1 rings (SSSR count). The van der Waals surface area contributed by atoms with Crippen molar-refractivity contribution in [2.24, 2.45) is 0 Å². The molecule has 0 aliphatic carbocycles. The minimum atomic E-state index is 0.170. The van der Waals surface area contributed by atoms with E-state index in [0.29, 0.717) is 19.5 Å². The number of terminal acetylenes is 1. The maximum atomic E-state index is 11.6. The Labute approximate surface area is 97.1 Å². The van der Waals surface area contributed by atoms with E-state index < -0.39 is 0 Å². The van der Waals surface area contributed by atoms with Crippen LogP contribution in [0.2, 0.25) is 0 Å². The van der Waals surface area contributed by atoms with Gasteiger partial charge in [0.25, 0.3) is 0 Å². The van der Waals surface area contributed by atoms with Gasteiger partial charge in [-0.2, -0.15) is 0 Å². The number of rotatable bonds is 5. The Bertz CT molecular complexity index is 415. The van der Waals surface area contributed by atoms with Crippen molar-refractivity contribution in [2.75, 3.05) is 13.1 Å². The highest BCUT2D eigenvalue weighted by Gasteiger charge is 2.05. The van der Waals surface area contributed by atoms with Crippen LogP contribution in [0.25, 0.3) is 0 Å². The van der Waals surface area contributed by atoms with Crippen LogP contribution in [0.3, 0.4) is 0 Å². The number of nitrogens with one attached hydrogen (secondary N) is 1. The summed E-state index contributed by atoms with van der Waals surface area (Å²) in [6.45, 7) is 4.84. The van der Waals surface area contributed by atoms with Gasteiger partial charge in [-0.25, -0.2) is 0 Å². The lowest BCUT2D eigenvalue weighted by Crippen LogP contribution is -2.24. The highest BCUT2D eigenvalue weighted by atomic mass is 16.1. The standard InChI is InChI=1S/C14H17NO/c1-4-7-15-10-14(16)9-13-8-11(2)5-6-12(13)3/h1,5-6,8,15H,7,9-10H2,2-3H3. The number of carbonyl (C=O) groups excluding carboxylic acids is 1. The van der Waals surface area contributed by atoms with Crippen LogP contribution in [-0.2, 0) is 11.2 Å². The van der Waals surface area contributed by atoms with Gasteiger partial charge in [0.2, 0.25) is 0 Å². The van der Waals surface area contributed by atoms with E-state index in [1.807, 2.05) is 19.9 Å². The van der Waals surface area contributed by atoms with Crippen LogP contribution in [0.15, 0.2) is 18.2 Å². The SMILES string of the molecule is C#CCNCC(=O)Cc1cc(C)ccc1C. The molecule has 1 aromatic carbocycles. The fraction of sp³-hybridized carbons (Fsp3) is 0.357. The predicted octanol–water partition coefficient (Wildman–Crippen LogP) is 1.64. The zero-order valence-electron chi connectivity index (χ0n) is 9.84. The Balaban J connectivity index is 2.56. The van der Waals surface area contributed by atoms with Crippen LogP contribution < -0.4 is 5.32 Å². The second kappa shape index (κ2) is 6.09. The second-order valence-electron chi connectivity index (χ2n) is 3.95. The van der Waals surface area contributed by atoms with Gasteiger partial charge in [0.15, 0.2) is 5.78 Å².